The molecule has 0 bridgehead atoms. The van der Waals surface area contributed by atoms with E-state index in [1.165, 1.54) is 0 Å². The van der Waals surface area contributed by atoms with E-state index < -0.39 is 0 Å². The Labute approximate surface area is 113 Å². The molecular formula is C15H19N3O. The number of hydrogen-bond acceptors (Lipinski definition) is 3. The molecule has 1 N–H and O–H groups in total. The van der Waals surface area contributed by atoms with Crippen molar-refractivity contribution < 1.29 is 4.74 Å². The van der Waals surface area contributed by atoms with Gasteiger partial charge in [-0.05, 0) is 19.8 Å². The van der Waals surface area contributed by atoms with Gasteiger partial charge in [0.05, 0.1) is 12.2 Å². The molecule has 1 aromatic heterocycles. The number of nitrogens with one attached hydrogen (secondary N) is 1. The summed E-state index contributed by atoms with van der Waals surface area (Å²) in [5.74, 6) is 2.43. The van der Waals surface area contributed by atoms with Crippen LogP contribution in [-0.4, -0.2) is 27.4 Å². The SMILES string of the molecule is CC1OC(C)C(c2nc(-c3ccccc3)n[nH]2)C1C. The number of rotatable bonds is 2. The van der Waals surface area contributed by atoms with Crippen LogP contribution in [0.15, 0.2) is 30.3 Å². The highest BCUT2D eigenvalue weighted by atomic mass is 16.5. The Morgan fingerprint density at radius 3 is 2.42 bits per heavy atom. The van der Waals surface area contributed by atoms with Crippen LogP contribution in [0.5, 0.6) is 0 Å². The molecule has 1 aliphatic heterocycles. The Bertz CT molecular complexity index is 552. The minimum absolute atomic E-state index is 0.182. The van der Waals surface area contributed by atoms with Crippen LogP contribution in [0.4, 0.5) is 0 Å². The summed E-state index contributed by atoms with van der Waals surface area (Å²) < 4.78 is 5.87. The van der Waals surface area contributed by atoms with Crippen molar-refractivity contribution in [1.82, 2.24) is 15.2 Å². The predicted octanol–water partition coefficient (Wildman–Crippen LogP) is 3.00. The van der Waals surface area contributed by atoms with E-state index in [1.807, 2.05) is 30.3 Å². The Hall–Kier alpha value is -1.68. The summed E-state index contributed by atoms with van der Waals surface area (Å²) in [7, 11) is 0. The maximum atomic E-state index is 5.87. The van der Waals surface area contributed by atoms with Crippen LogP contribution in [0.25, 0.3) is 11.4 Å². The van der Waals surface area contributed by atoms with Gasteiger partial charge in [-0.25, -0.2) is 4.98 Å². The molecule has 19 heavy (non-hydrogen) atoms. The summed E-state index contributed by atoms with van der Waals surface area (Å²) >= 11 is 0. The summed E-state index contributed by atoms with van der Waals surface area (Å²) in [6, 6.07) is 10.0. The largest absolute Gasteiger partial charge is 0.374 e. The molecule has 0 saturated carbocycles. The van der Waals surface area contributed by atoms with Crippen LogP contribution in [0.3, 0.4) is 0 Å². The molecule has 4 heteroatoms. The van der Waals surface area contributed by atoms with Crippen LogP contribution >= 0.6 is 0 Å². The third kappa shape index (κ3) is 2.16. The molecule has 4 nitrogen and oxygen atoms in total. The molecule has 0 amide bonds. The summed E-state index contributed by atoms with van der Waals surface area (Å²) in [5, 5.41) is 7.42. The first-order valence-corrected chi connectivity index (χ1v) is 6.80. The fraction of sp³-hybridized carbons (Fsp3) is 0.467. The number of benzene rings is 1. The minimum Gasteiger partial charge on any atom is -0.374 e. The molecule has 4 unspecified atom stereocenters. The molecule has 2 aromatic rings. The van der Waals surface area contributed by atoms with E-state index in [2.05, 4.69) is 36.0 Å². The first-order valence-electron chi connectivity index (χ1n) is 6.80. The summed E-state index contributed by atoms with van der Waals surface area (Å²) in [6.45, 7) is 6.44. The van der Waals surface area contributed by atoms with Crippen LogP contribution in [-0.2, 0) is 4.74 Å². The van der Waals surface area contributed by atoms with E-state index in [9.17, 15) is 0 Å². The van der Waals surface area contributed by atoms with Crippen LogP contribution < -0.4 is 0 Å². The number of hydrogen-bond donors (Lipinski definition) is 1. The summed E-state index contributed by atoms with van der Waals surface area (Å²) in [6.07, 6.45) is 0.451. The van der Waals surface area contributed by atoms with E-state index in [0.29, 0.717) is 11.8 Å². The zero-order valence-electron chi connectivity index (χ0n) is 11.5. The molecule has 0 radical (unpaired) electrons. The van der Waals surface area contributed by atoms with Gasteiger partial charge in [-0.3, -0.25) is 5.10 Å². The van der Waals surface area contributed by atoms with Crippen molar-refractivity contribution in [3.05, 3.63) is 36.2 Å². The number of ether oxygens (including phenoxy) is 1. The van der Waals surface area contributed by atoms with Gasteiger partial charge in [0.2, 0.25) is 0 Å². The van der Waals surface area contributed by atoms with Gasteiger partial charge in [0.1, 0.15) is 5.82 Å². The van der Waals surface area contributed by atoms with Gasteiger partial charge in [0.25, 0.3) is 0 Å². The Kier molecular flexibility index (Phi) is 3.11. The van der Waals surface area contributed by atoms with E-state index >= 15 is 0 Å². The molecule has 0 aliphatic carbocycles. The van der Waals surface area contributed by atoms with Gasteiger partial charge < -0.3 is 4.74 Å². The first kappa shape index (κ1) is 12.4. The van der Waals surface area contributed by atoms with Crippen molar-refractivity contribution in [3.63, 3.8) is 0 Å². The third-order valence-electron chi connectivity index (χ3n) is 4.09. The molecule has 1 fully saturated rings. The van der Waals surface area contributed by atoms with E-state index in [1.54, 1.807) is 0 Å². The lowest BCUT2D eigenvalue weighted by Gasteiger charge is -2.14. The molecule has 0 spiro atoms. The lowest BCUT2D eigenvalue weighted by atomic mass is 9.89. The zero-order valence-corrected chi connectivity index (χ0v) is 11.5. The second kappa shape index (κ2) is 4.78. The van der Waals surface area contributed by atoms with E-state index in [0.717, 1.165) is 17.2 Å². The first-order chi connectivity index (χ1) is 9.16. The van der Waals surface area contributed by atoms with Crippen molar-refractivity contribution in [1.29, 1.82) is 0 Å². The van der Waals surface area contributed by atoms with Crippen LogP contribution in [0, 0.1) is 5.92 Å². The quantitative estimate of drug-likeness (QED) is 0.899. The highest BCUT2D eigenvalue weighted by molar-refractivity contribution is 5.53. The molecule has 1 saturated heterocycles. The zero-order chi connectivity index (χ0) is 13.4. The number of aromatic amines is 1. The van der Waals surface area contributed by atoms with Crippen molar-refractivity contribution in [2.75, 3.05) is 0 Å². The average Bonchev–Trinajstić information content (AvgIpc) is 2.97. The molecule has 2 heterocycles. The second-order valence-corrected chi connectivity index (χ2v) is 5.34. The topological polar surface area (TPSA) is 50.8 Å². The lowest BCUT2D eigenvalue weighted by molar-refractivity contribution is 0.0553. The smallest absolute Gasteiger partial charge is 0.181 e. The molecule has 100 valence electrons. The third-order valence-corrected chi connectivity index (χ3v) is 4.09. The minimum atomic E-state index is 0.182. The number of aromatic nitrogens is 3. The normalized spacial score (nSPS) is 30.7. The van der Waals surface area contributed by atoms with E-state index in [4.69, 9.17) is 4.74 Å². The molecule has 4 atom stereocenters. The monoisotopic (exact) mass is 257 g/mol. The number of nitrogens with zero attached hydrogens (tertiary/aromatic N) is 2. The van der Waals surface area contributed by atoms with Crippen LogP contribution in [0.1, 0.15) is 32.5 Å². The lowest BCUT2D eigenvalue weighted by Crippen LogP contribution is -2.16. The highest BCUT2D eigenvalue weighted by Gasteiger charge is 2.39. The van der Waals surface area contributed by atoms with Crippen molar-refractivity contribution in [2.45, 2.75) is 38.9 Å². The number of H-pyrrole nitrogens is 1. The van der Waals surface area contributed by atoms with Gasteiger partial charge in [-0.1, -0.05) is 37.3 Å². The standard InChI is InChI=1S/C15H19N3O/c1-9-10(2)19-11(3)13(9)15-16-14(17-18-15)12-7-5-4-6-8-12/h4-11,13H,1-3H3,(H,16,17,18). The predicted molar refractivity (Wildman–Crippen MR) is 73.7 cm³/mol. The Balaban J connectivity index is 1.90. The Morgan fingerprint density at radius 2 is 1.79 bits per heavy atom. The van der Waals surface area contributed by atoms with Gasteiger partial charge in [0, 0.05) is 11.5 Å². The van der Waals surface area contributed by atoms with Gasteiger partial charge >= 0.3 is 0 Å². The average molecular weight is 257 g/mol. The highest BCUT2D eigenvalue weighted by Crippen LogP contribution is 2.38. The van der Waals surface area contributed by atoms with Gasteiger partial charge in [-0.2, -0.15) is 5.10 Å². The molecule has 3 rings (SSSR count). The maximum absolute atomic E-state index is 5.87. The summed E-state index contributed by atoms with van der Waals surface area (Å²) in [5.41, 5.74) is 1.04. The molecule has 1 aromatic carbocycles. The fourth-order valence-corrected chi connectivity index (χ4v) is 2.88. The van der Waals surface area contributed by atoms with Crippen molar-refractivity contribution in [3.8, 4) is 11.4 Å². The van der Waals surface area contributed by atoms with Gasteiger partial charge in [0.15, 0.2) is 5.82 Å². The van der Waals surface area contributed by atoms with E-state index in [-0.39, 0.29) is 12.2 Å². The Morgan fingerprint density at radius 1 is 1.05 bits per heavy atom. The second-order valence-electron chi connectivity index (χ2n) is 5.34. The molecule has 1 aliphatic rings. The van der Waals surface area contributed by atoms with Crippen molar-refractivity contribution >= 4 is 0 Å². The maximum Gasteiger partial charge on any atom is 0.181 e. The van der Waals surface area contributed by atoms with Gasteiger partial charge in [-0.15, -0.1) is 0 Å². The van der Waals surface area contributed by atoms with Crippen LogP contribution in [0.2, 0.25) is 0 Å². The fourth-order valence-electron chi connectivity index (χ4n) is 2.88. The molecular weight excluding hydrogens is 238 g/mol. The van der Waals surface area contributed by atoms with Crippen molar-refractivity contribution in [2.24, 2.45) is 5.92 Å². The summed E-state index contributed by atoms with van der Waals surface area (Å²) in [4.78, 5) is 4.65.